The summed E-state index contributed by atoms with van der Waals surface area (Å²) < 4.78 is 73.2. The van der Waals surface area contributed by atoms with E-state index in [1.807, 2.05) is 0 Å². The fourth-order valence-electron chi connectivity index (χ4n) is 2.95. The number of rotatable bonds is 6. The lowest BCUT2D eigenvalue weighted by Crippen LogP contribution is -2.35. The molecule has 0 saturated carbocycles. The molecule has 1 fully saturated rings. The van der Waals surface area contributed by atoms with Gasteiger partial charge >= 0.3 is 0 Å². The van der Waals surface area contributed by atoms with Crippen LogP contribution >= 0.6 is 0 Å². The Morgan fingerprint density at radius 2 is 1.50 bits per heavy atom. The van der Waals surface area contributed by atoms with Crippen LogP contribution < -0.4 is 10.0 Å². The van der Waals surface area contributed by atoms with Crippen molar-refractivity contribution in [2.24, 2.45) is 0 Å². The molecule has 2 aromatic rings. The fourth-order valence-corrected chi connectivity index (χ4v) is 6.63. The second-order valence-electron chi connectivity index (χ2n) is 7.00. The average Bonchev–Trinajstić information content (AvgIpc) is 2.99. The highest BCUT2D eigenvalue weighted by Crippen LogP contribution is 2.18. The van der Waals surface area contributed by atoms with Crippen molar-refractivity contribution in [2.75, 3.05) is 23.1 Å². The Labute approximate surface area is 175 Å². The molecule has 1 saturated heterocycles. The number of sulfone groups is 2. The first-order valence-corrected chi connectivity index (χ1v) is 14.0. The van der Waals surface area contributed by atoms with Gasteiger partial charge in [-0.05, 0) is 55.0 Å². The zero-order valence-corrected chi connectivity index (χ0v) is 18.3. The highest BCUT2D eigenvalue weighted by Gasteiger charge is 2.31. The maximum absolute atomic E-state index is 12.4. The van der Waals surface area contributed by atoms with Crippen molar-refractivity contribution < 1.29 is 30.0 Å². The number of hydrogen-bond donors (Lipinski definition) is 2. The smallest absolute Gasteiger partial charge is 0.255 e. The van der Waals surface area contributed by atoms with E-state index in [0.717, 1.165) is 6.26 Å². The summed E-state index contributed by atoms with van der Waals surface area (Å²) in [5.74, 6) is -0.782. The lowest BCUT2D eigenvalue weighted by atomic mass is 10.2. The quantitative estimate of drug-likeness (QED) is 0.633. The van der Waals surface area contributed by atoms with Crippen LogP contribution in [-0.2, 0) is 29.7 Å². The van der Waals surface area contributed by atoms with Crippen LogP contribution in [0.25, 0.3) is 0 Å². The van der Waals surface area contributed by atoms with Gasteiger partial charge in [0.25, 0.3) is 5.91 Å². The van der Waals surface area contributed by atoms with Gasteiger partial charge in [-0.3, -0.25) is 4.79 Å². The Morgan fingerprint density at radius 1 is 0.933 bits per heavy atom. The van der Waals surface area contributed by atoms with Crippen molar-refractivity contribution in [3.05, 3.63) is 54.1 Å². The summed E-state index contributed by atoms with van der Waals surface area (Å²) in [6.45, 7) is 0. The molecular weight excluding hydrogens is 452 g/mol. The molecule has 0 bridgehead atoms. The number of nitrogens with one attached hydrogen (secondary N) is 2. The molecule has 3 rings (SSSR count). The van der Waals surface area contributed by atoms with Crippen LogP contribution in [0.5, 0.6) is 0 Å². The van der Waals surface area contributed by atoms with E-state index in [0.29, 0.717) is 5.69 Å². The number of benzene rings is 2. The Kier molecular flexibility index (Phi) is 6.05. The van der Waals surface area contributed by atoms with Gasteiger partial charge in [0.1, 0.15) is 0 Å². The van der Waals surface area contributed by atoms with Crippen LogP contribution in [0.4, 0.5) is 5.69 Å². The van der Waals surface area contributed by atoms with E-state index in [2.05, 4.69) is 10.0 Å². The first-order chi connectivity index (χ1) is 13.9. The molecule has 162 valence electrons. The van der Waals surface area contributed by atoms with Crippen LogP contribution in [0.15, 0.2) is 58.3 Å². The molecule has 12 heteroatoms. The molecule has 1 atom stereocenters. The molecule has 1 unspecified atom stereocenters. The van der Waals surface area contributed by atoms with Crippen molar-refractivity contribution in [2.45, 2.75) is 22.3 Å². The first kappa shape index (κ1) is 22.4. The zero-order chi connectivity index (χ0) is 22.2. The summed E-state index contributed by atoms with van der Waals surface area (Å²) in [5.41, 5.74) is 0.581. The van der Waals surface area contributed by atoms with Gasteiger partial charge in [0, 0.05) is 23.5 Å². The van der Waals surface area contributed by atoms with E-state index < -0.39 is 41.6 Å². The molecule has 1 heterocycles. The minimum absolute atomic E-state index is 0.0511. The summed E-state index contributed by atoms with van der Waals surface area (Å²) in [6, 6.07) is 10.2. The van der Waals surface area contributed by atoms with Crippen molar-refractivity contribution in [1.29, 1.82) is 0 Å². The minimum Gasteiger partial charge on any atom is -0.322 e. The Morgan fingerprint density at radius 3 is 2.00 bits per heavy atom. The molecular formula is C18H20N2O7S3. The molecule has 1 aliphatic rings. The normalized spacial score (nSPS) is 18.8. The predicted octanol–water partition coefficient (Wildman–Crippen LogP) is 0.808. The third kappa shape index (κ3) is 5.45. The number of anilines is 1. The lowest BCUT2D eigenvalue weighted by Gasteiger charge is -2.12. The number of carbonyl (C=O) groups excluding carboxylic acids is 1. The standard InChI is InChI=1S/C18H20N2O7S3/c1-28(22,23)16-8-4-14(5-9-16)19-18(21)13-2-6-17(7-3-13)30(26,27)20-15-10-11-29(24,25)12-15/h2-9,15,20H,10-12H2,1H3,(H,19,21). The van der Waals surface area contributed by atoms with Gasteiger partial charge in [-0.25, -0.2) is 30.0 Å². The van der Waals surface area contributed by atoms with E-state index in [4.69, 9.17) is 0 Å². The number of sulfonamides is 1. The Hall–Kier alpha value is -2.28. The monoisotopic (exact) mass is 472 g/mol. The molecule has 1 aliphatic heterocycles. The molecule has 0 aromatic heterocycles. The van der Waals surface area contributed by atoms with Crippen molar-refractivity contribution in [1.82, 2.24) is 4.72 Å². The van der Waals surface area contributed by atoms with E-state index in [1.54, 1.807) is 0 Å². The summed E-state index contributed by atoms with van der Waals surface area (Å²) >= 11 is 0. The van der Waals surface area contributed by atoms with E-state index in [9.17, 15) is 30.0 Å². The fraction of sp³-hybridized carbons (Fsp3) is 0.278. The Bertz CT molecular complexity index is 1270. The Balaban J connectivity index is 1.68. The molecule has 1 amide bonds. The maximum atomic E-state index is 12.4. The largest absolute Gasteiger partial charge is 0.322 e. The second-order valence-corrected chi connectivity index (χ2v) is 13.0. The topological polar surface area (TPSA) is 144 Å². The van der Waals surface area contributed by atoms with Crippen LogP contribution in [0.2, 0.25) is 0 Å². The third-order valence-corrected chi connectivity index (χ3v) is 8.95. The third-order valence-electron chi connectivity index (χ3n) is 4.52. The number of amides is 1. The van der Waals surface area contributed by atoms with Crippen LogP contribution in [0.3, 0.4) is 0 Å². The van der Waals surface area contributed by atoms with Crippen LogP contribution in [0.1, 0.15) is 16.8 Å². The molecule has 0 aliphatic carbocycles. The number of carbonyl (C=O) groups is 1. The highest BCUT2D eigenvalue weighted by atomic mass is 32.2. The van der Waals surface area contributed by atoms with Gasteiger partial charge in [-0.1, -0.05) is 0 Å². The van der Waals surface area contributed by atoms with Crippen LogP contribution in [0, 0.1) is 0 Å². The van der Waals surface area contributed by atoms with Crippen molar-refractivity contribution in [3.63, 3.8) is 0 Å². The number of hydrogen-bond acceptors (Lipinski definition) is 7. The van der Waals surface area contributed by atoms with Crippen molar-refractivity contribution in [3.8, 4) is 0 Å². The summed E-state index contributed by atoms with van der Waals surface area (Å²) in [7, 11) is -10.5. The van der Waals surface area contributed by atoms with E-state index in [1.165, 1.54) is 48.5 Å². The summed E-state index contributed by atoms with van der Waals surface area (Å²) in [4.78, 5) is 12.4. The van der Waals surface area contributed by atoms with Gasteiger partial charge in [0.15, 0.2) is 19.7 Å². The van der Waals surface area contributed by atoms with Gasteiger partial charge in [-0.2, -0.15) is 0 Å². The average molecular weight is 473 g/mol. The molecule has 2 N–H and O–H groups in total. The molecule has 0 spiro atoms. The highest BCUT2D eigenvalue weighted by molar-refractivity contribution is 7.92. The summed E-state index contributed by atoms with van der Waals surface area (Å²) in [6.07, 6.45) is 1.30. The van der Waals surface area contributed by atoms with Gasteiger partial charge in [0.2, 0.25) is 10.0 Å². The van der Waals surface area contributed by atoms with E-state index in [-0.39, 0.29) is 33.3 Å². The van der Waals surface area contributed by atoms with Gasteiger partial charge in [-0.15, -0.1) is 0 Å². The van der Waals surface area contributed by atoms with Gasteiger partial charge < -0.3 is 5.32 Å². The van der Waals surface area contributed by atoms with E-state index >= 15 is 0 Å². The van der Waals surface area contributed by atoms with Gasteiger partial charge in [0.05, 0.1) is 21.3 Å². The molecule has 2 aromatic carbocycles. The van der Waals surface area contributed by atoms with Crippen molar-refractivity contribution >= 4 is 41.3 Å². The molecule has 9 nitrogen and oxygen atoms in total. The lowest BCUT2D eigenvalue weighted by molar-refractivity contribution is 0.102. The molecule has 0 radical (unpaired) electrons. The minimum atomic E-state index is -3.92. The SMILES string of the molecule is CS(=O)(=O)c1ccc(NC(=O)c2ccc(S(=O)(=O)NC3CCS(=O)(=O)C3)cc2)cc1. The first-order valence-electron chi connectivity index (χ1n) is 8.80. The zero-order valence-electron chi connectivity index (χ0n) is 15.9. The maximum Gasteiger partial charge on any atom is 0.255 e. The summed E-state index contributed by atoms with van der Waals surface area (Å²) in [5, 5.41) is 2.60. The molecule has 30 heavy (non-hydrogen) atoms. The predicted molar refractivity (Wildman–Crippen MR) is 111 cm³/mol. The second kappa shape index (κ2) is 8.10. The van der Waals surface area contributed by atoms with Crippen LogP contribution in [-0.4, -0.2) is 55.0 Å².